The van der Waals surface area contributed by atoms with Crippen molar-refractivity contribution in [3.8, 4) is 0 Å². The number of rotatable bonds is 4. The summed E-state index contributed by atoms with van der Waals surface area (Å²) in [7, 11) is 1.43. The van der Waals surface area contributed by atoms with Crippen molar-refractivity contribution in [2.45, 2.75) is 50.7 Å². The molecule has 2 saturated heterocycles. The summed E-state index contributed by atoms with van der Waals surface area (Å²) in [5, 5.41) is 1.60. The van der Waals surface area contributed by atoms with Gasteiger partial charge in [-0.1, -0.05) is 12.1 Å². The number of ether oxygens (including phenoxy) is 1. The molecule has 0 radical (unpaired) electrons. The average Bonchev–Trinajstić information content (AvgIpc) is 3.11. The molecule has 3 aliphatic rings. The molecule has 0 bridgehead atoms. The van der Waals surface area contributed by atoms with Crippen LogP contribution in [0.1, 0.15) is 39.0 Å². The second-order valence-electron chi connectivity index (χ2n) is 8.48. The van der Waals surface area contributed by atoms with Crippen LogP contribution in [0.2, 0.25) is 0 Å². The highest BCUT2D eigenvalue weighted by Gasteiger charge is 2.43. The van der Waals surface area contributed by atoms with Gasteiger partial charge in [-0.25, -0.2) is 9.98 Å². The monoisotopic (exact) mass is 398 g/mol. The van der Waals surface area contributed by atoms with Crippen molar-refractivity contribution in [1.29, 1.82) is 0 Å². The summed E-state index contributed by atoms with van der Waals surface area (Å²) in [6.07, 6.45) is 5.22. The Bertz CT molecular complexity index is 857. The fourth-order valence-electron chi connectivity index (χ4n) is 4.96. The fourth-order valence-corrected chi connectivity index (χ4v) is 4.96. The SMILES string of the molecule is COC(=O)CN1CCC(C2CCCCN2C(=O)C2(C)N=c3ccccc3=N2)CC1. The van der Waals surface area contributed by atoms with Crippen molar-refractivity contribution in [2.75, 3.05) is 33.3 Å². The van der Waals surface area contributed by atoms with Crippen LogP contribution in [-0.4, -0.2) is 66.7 Å². The molecular formula is C22H30N4O3. The zero-order chi connectivity index (χ0) is 20.4. The quantitative estimate of drug-likeness (QED) is 0.707. The standard InChI is InChI=1S/C22H30N4O3/c1-22(23-17-7-3-4-8-18(17)24-22)21(28)26-12-6-5-9-19(26)16-10-13-25(14-11-16)15-20(27)29-2/h3-4,7-8,16,19H,5-6,9-15H2,1-2H3. The summed E-state index contributed by atoms with van der Waals surface area (Å²) in [6.45, 7) is 4.71. The molecule has 0 saturated carbocycles. The largest absolute Gasteiger partial charge is 0.468 e. The minimum absolute atomic E-state index is 0.0235. The molecule has 2 fully saturated rings. The molecule has 156 valence electrons. The number of carbonyl (C=O) groups excluding carboxylic acids is 2. The lowest BCUT2D eigenvalue weighted by Crippen LogP contribution is -2.55. The molecule has 3 heterocycles. The van der Waals surface area contributed by atoms with Gasteiger partial charge in [-0.15, -0.1) is 0 Å². The van der Waals surface area contributed by atoms with E-state index in [-0.39, 0.29) is 17.9 Å². The van der Waals surface area contributed by atoms with Gasteiger partial charge in [0.1, 0.15) is 0 Å². The molecule has 1 aromatic rings. The second-order valence-corrected chi connectivity index (χ2v) is 8.48. The first-order chi connectivity index (χ1) is 14.0. The highest BCUT2D eigenvalue weighted by molar-refractivity contribution is 5.86. The number of piperidine rings is 2. The number of hydrogen-bond acceptors (Lipinski definition) is 6. The van der Waals surface area contributed by atoms with Crippen LogP contribution in [0.4, 0.5) is 0 Å². The Labute approximate surface area is 171 Å². The summed E-state index contributed by atoms with van der Waals surface area (Å²) in [4.78, 5) is 38.7. The average molecular weight is 399 g/mol. The van der Waals surface area contributed by atoms with E-state index >= 15 is 0 Å². The number of carbonyl (C=O) groups is 2. The van der Waals surface area contributed by atoms with Gasteiger partial charge in [0.2, 0.25) is 5.66 Å². The molecule has 1 atom stereocenters. The molecule has 1 aromatic carbocycles. The van der Waals surface area contributed by atoms with E-state index in [1.807, 2.05) is 31.2 Å². The van der Waals surface area contributed by atoms with Gasteiger partial charge in [-0.05, 0) is 70.2 Å². The van der Waals surface area contributed by atoms with Crippen LogP contribution in [0.3, 0.4) is 0 Å². The summed E-state index contributed by atoms with van der Waals surface area (Å²) in [6, 6.07) is 7.94. The maximum absolute atomic E-state index is 13.6. The van der Waals surface area contributed by atoms with E-state index in [0.29, 0.717) is 12.5 Å². The third kappa shape index (κ3) is 4.06. The Hall–Kier alpha value is -2.28. The van der Waals surface area contributed by atoms with Gasteiger partial charge in [-0.2, -0.15) is 0 Å². The van der Waals surface area contributed by atoms with E-state index in [4.69, 9.17) is 4.74 Å². The minimum atomic E-state index is -1.05. The lowest BCUT2D eigenvalue weighted by Gasteiger charge is -2.44. The van der Waals surface area contributed by atoms with E-state index in [0.717, 1.165) is 62.5 Å². The Kier molecular flexibility index (Phi) is 5.67. The van der Waals surface area contributed by atoms with Crippen molar-refractivity contribution in [3.63, 3.8) is 0 Å². The Morgan fingerprint density at radius 2 is 1.72 bits per heavy atom. The van der Waals surface area contributed by atoms with Gasteiger partial charge in [0, 0.05) is 12.6 Å². The van der Waals surface area contributed by atoms with Crippen molar-refractivity contribution < 1.29 is 14.3 Å². The molecule has 7 nitrogen and oxygen atoms in total. The van der Waals surface area contributed by atoms with Gasteiger partial charge < -0.3 is 9.64 Å². The Balaban J connectivity index is 1.47. The molecule has 4 rings (SSSR count). The van der Waals surface area contributed by atoms with Crippen molar-refractivity contribution in [1.82, 2.24) is 9.80 Å². The third-order valence-electron chi connectivity index (χ3n) is 6.53. The molecule has 1 amide bonds. The number of esters is 1. The predicted molar refractivity (Wildman–Crippen MR) is 108 cm³/mol. The highest BCUT2D eigenvalue weighted by atomic mass is 16.5. The summed E-state index contributed by atoms with van der Waals surface area (Å²) in [5.41, 5.74) is -1.05. The van der Waals surface area contributed by atoms with Crippen LogP contribution in [0.5, 0.6) is 0 Å². The lowest BCUT2D eigenvalue weighted by atomic mass is 9.83. The van der Waals surface area contributed by atoms with E-state index in [9.17, 15) is 9.59 Å². The summed E-state index contributed by atoms with van der Waals surface area (Å²) < 4.78 is 4.79. The van der Waals surface area contributed by atoms with Crippen LogP contribution in [0, 0.1) is 5.92 Å². The number of hydrogen-bond donors (Lipinski definition) is 0. The van der Waals surface area contributed by atoms with E-state index in [2.05, 4.69) is 19.8 Å². The maximum atomic E-state index is 13.6. The van der Waals surface area contributed by atoms with E-state index < -0.39 is 5.66 Å². The predicted octanol–water partition coefficient (Wildman–Crippen LogP) is 0.922. The molecule has 29 heavy (non-hydrogen) atoms. The van der Waals surface area contributed by atoms with Gasteiger partial charge in [0.15, 0.2) is 0 Å². The number of nitrogens with zero attached hydrogens (tertiary/aromatic N) is 4. The van der Waals surface area contributed by atoms with Crippen molar-refractivity contribution >= 4 is 11.9 Å². The van der Waals surface area contributed by atoms with Crippen LogP contribution < -0.4 is 10.7 Å². The molecule has 0 aromatic heterocycles. The number of likely N-dealkylation sites (tertiary alicyclic amines) is 2. The first-order valence-corrected chi connectivity index (χ1v) is 10.7. The molecular weight excluding hydrogens is 368 g/mol. The number of benzene rings is 1. The molecule has 0 aliphatic carbocycles. The van der Waals surface area contributed by atoms with Gasteiger partial charge in [0.25, 0.3) is 5.91 Å². The van der Waals surface area contributed by atoms with Crippen LogP contribution >= 0.6 is 0 Å². The summed E-state index contributed by atoms with van der Waals surface area (Å²) >= 11 is 0. The first kappa shape index (κ1) is 20.0. The zero-order valence-corrected chi connectivity index (χ0v) is 17.3. The molecule has 0 N–H and O–H groups in total. The van der Waals surface area contributed by atoms with E-state index in [1.165, 1.54) is 7.11 Å². The Morgan fingerprint density at radius 3 is 2.34 bits per heavy atom. The smallest absolute Gasteiger partial charge is 0.319 e. The topological polar surface area (TPSA) is 74.6 Å². The Morgan fingerprint density at radius 1 is 1.07 bits per heavy atom. The first-order valence-electron chi connectivity index (χ1n) is 10.7. The maximum Gasteiger partial charge on any atom is 0.319 e. The summed E-state index contributed by atoms with van der Waals surface area (Å²) in [5.74, 6) is 0.297. The van der Waals surface area contributed by atoms with Crippen molar-refractivity contribution in [3.05, 3.63) is 35.0 Å². The lowest BCUT2D eigenvalue weighted by molar-refractivity contribution is -0.142. The normalized spacial score (nSPS) is 24.3. The molecule has 1 unspecified atom stereocenters. The molecule has 3 aliphatic heterocycles. The highest BCUT2D eigenvalue weighted by Crippen LogP contribution is 2.33. The molecule has 7 heteroatoms. The second kappa shape index (κ2) is 8.22. The minimum Gasteiger partial charge on any atom is -0.468 e. The number of para-hydroxylation sites is 2. The van der Waals surface area contributed by atoms with Gasteiger partial charge in [0.05, 0.1) is 24.4 Å². The zero-order valence-electron chi connectivity index (χ0n) is 17.3. The van der Waals surface area contributed by atoms with Crippen molar-refractivity contribution in [2.24, 2.45) is 15.9 Å². The van der Waals surface area contributed by atoms with Crippen LogP contribution in [0.25, 0.3) is 0 Å². The fraction of sp³-hybridized carbons (Fsp3) is 0.636. The number of amides is 1. The van der Waals surface area contributed by atoms with Gasteiger partial charge in [-0.3, -0.25) is 14.5 Å². The number of fused-ring (bicyclic) bond motifs is 1. The third-order valence-corrected chi connectivity index (χ3v) is 6.53. The molecule has 0 spiro atoms. The van der Waals surface area contributed by atoms with Gasteiger partial charge >= 0.3 is 5.97 Å². The van der Waals surface area contributed by atoms with Crippen LogP contribution in [-0.2, 0) is 14.3 Å². The number of methoxy groups -OCH3 is 1. The van der Waals surface area contributed by atoms with Crippen LogP contribution in [0.15, 0.2) is 34.3 Å². The van der Waals surface area contributed by atoms with E-state index in [1.54, 1.807) is 0 Å².